The normalized spacial score (nSPS) is 15.2. The number of imidazole rings is 1. The zero-order valence-corrected chi connectivity index (χ0v) is 6.33. The van der Waals surface area contributed by atoms with E-state index in [1.165, 1.54) is 5.69 Å². The van der Waals surface area contributed by atoms with Crippen molar-refractivity contribution in [2.45, 2.75) is 6.42 Å². The molecule has 0 atom stereocenters. The first-order chi connectivity index (χ1) is 4.36. The number of aromatic nitrogens is 2. The number of hydrogen-bond donors (Lipinski definition) is 2. The molecule has 0 saturated carbocycles. The lowest BCUT2D eigenvalue weighted by Crippen LogP contribution is -1.93. The summed E-state index contributed by atoms with van der Waals surface area (Å²) in [7, 11) is 0. The molecule has 1 aliphatic heterocycles. The van der Waals surface area contributed by atoms with Gasteiger partial charge in [0.1, 0.15) is 5.82 Å². The Morgan fingerprint density at radius 2 is 2.44 bits per heavy atom. The van der Waals surface area contributed by atoms with Crippen LogP contribution in [0.3, 0.4) is 0 Å². The molecule has 0 unspecified atom stereocenters. The average Bonchev–Trinajstić information content (AvgIpc) is 2.22. The molecule has 0 saturated heterocycles. The molecular weight excluding hydrogens is 182 g/mol. The molecule has 48 valence electrons. The van der Waals surface area contributed by atoms with Gasteiger partial charge in [-0.05, 0) is 15.9 Å². The van der Waals surface area contributed by atoms with Crippen LogP contribution >= 0.6 is 15.9 Å². The van der Waals surface area contributed by atoms with Crippen LogP contribution in [0.5, 0.6) is 0 Å². The number of H-pyrrole nitrogens is 1. The lowest BCUT2D eigenvalue weighted by molar-refractivity contribution is 1.02. The van der Waals surface area contributed by atoms with Crippen LogP contribution < -0.4 is 5.32 Å². The molecule has 0 fully saturated rings. The van der Waals surface area contributed by atoms with Gasteiger partial charge in [0.25, 0.3) is 0 Å². The minimum atomic E-state index is 0.819. The highest BCUT2D eigenvalue weighted by Crippen LogP contribution is 2.20. The van der Waals surface area contributed by atoms with Gasteiger partial charge >= 0.3 is 0 Å². The minimum absolute atomic E-state index is 0.819. The smallest absolute Gasteiger partial charge is 0.176 e. The summed E-state index contributed by atoms with van der Waals surface area (Å²) in [4.78, 5) is 7.24. The fraction of sp³-hybridized carbons (Fsp3) is 0.400. The molecule has 0 aromatic carbocycles. The molecule has 2 N–H and O–H groups in total. The SMILES string of the molecule is Brc1nc2c([nH]1)CCN2. The molecule has 2 heterocycles. The van der Waals surface area contributed by atoms with Crippen LogP contribution in [0.25, 0.3) is 0 Å². The zero-order valence-electron chi connectivity index (χ0n) is 4.74. The van der Waals surface area contributed by atoms with Crippen molar-refractivity contribution in [1.82, 2.24) is 9.97 Å². The van der Waals surface area contributed by atoms with Crippen molar-refractivity contribution in [2.24, 2.45) is 0 Å². The first-order valence-corrected chi connectivity index (χ1v) is 3.64. The van der Waals surface area contributed by atoms with E-state index >= 15 is 0 Å². The van der Waals surface area contributed by atoms with Gasteiger partial charge in [-0.2, -0.15) is 0 Å². The lowest BCUT2D eigenvalue weighted by Gasteiger charge is -1.85. The average molecular weight is 188 g/mol. The second kappa shape index (κ2) is 1.73. The summed E-state index contributed by atoms with van der Waals surface area (Å²) in [5, 5.41) is 3.15. The van der Waals surface area contributed by atoms with E-state index in [2.05, 4.69) is 31.2 Å². The topological polar surface area (TPSA) is 40.7 Å². The summed E-state index contributed by atoms with van der Waals surface area (Å²) in [5.41, 5.74) is 1.21. The van der Waals surface area contributed by atoms with Crippen LogP contribution in [0.2, 0.25) is 0 Å². The number of nitrogens with zero attached hydrogens (tertiary/aromatic N) is 1. The fourth-order valence-corrected chi connectivity index (χ4v) is 1.43. The highest BCUT2D eigenvalue weighted by Gasteiger charge is 2.13. The summed E-state index contributed by atoms with van der Waals surface area (Å²) in [6.07, 6.45) is 1.06. The van der Waals surface area contributed by atoms with Gasteiger partial charge in [0.05, 0.1) is 5.69 Å². The second-order valence-corrected chi connectivity index (χ2v) is 2.78. The van der Waals surface area contributed by atoms with Crippen molar-refractivity contribution in [1.29, 1.82) is 0 Å². The second-order valence-electron chi connectivity index (χ2n) is 2.03. The van der Waals surface area contributed by atoms with Crippen molar-refractivity contribution >= 4 is 21.7 Å². The Balaban J connectivity index is 2.51. The molecule has 0 radical (unpaired) electrons. The van der Waals surface area contributed by atoms with Gasteiger partial charge in [-0.1, -0.05) is 0 Å². The zero-order chi connectivity index (χ0) is 6.27. The van der Waals surface area contributed by atoms with Gasteiger partial charge in [-0.15, -0.1) is 0 Å². The molecule has 2 rings (SSSR count). The number of fused-ring (bicyclic) bond motifs is 1. The maximum absolute atomic E-state index is 4.14. The van der Waals surface area contributed by atoms with Gasteiger partial charge in [0.2, 0.25) is 0 Å². The van der Waals surface area contributed by atoms with E-state index in [4.69, 9.17) is 0 Å². The summed E-state index contributed by atoms with van der Waals surface area (Å²) >= 11 is 3.25. The number of anilines is 1. The molecule has 0 spiro atoms. The number of nitrogens with one attached hydrogen (secondary N) is 2. The van der Waals surface area contributed by atoms with E-state index in [9.17, 15) is 0 Å². The van der Waals surface area contributed by atoms with E-state index in [1.807, 2.05) is 0 Å². The third-order valence-electron chi connectivity index (χ3n) is 1.42. The van der Waals surface area contributed by atoms with Crippen LogP contribution in [-0.2, 0) is 6.42 Å². The summed E-state index contributed by atoms with van der Waals surface area (Å²) in [6.45, 7) is 1.02. The Kier molecular flexibility index (Phi) is 1.02. The molecule has 9 heavy (non-hydrogen) atoms. The molecule has 1 aromatic heterocycles. The summed E-state index contributed by atoms with van der Waals surface area (Å²) in [5.74, 6) is 1.00. The highest BCUT2D eigenvalue weighted by molar-refractivity contribution is 9.10. The van der Waals surface area contributed by atoms with Crippen molar-refractivity contribution in [3.8, 4) is 0 Å². The monoisotopic (exact) mass is 187 g/mol. The number of hydrogen-bond acceptors (Lipinski definition) is 2. The molecule has 4 heteroatoms. The third-order valence-corrected chi connectivity index (χ3v) is 1.79. The summed E-state index contributed by atoms with van der Waals surface area (Å²) in [6, 6.07) is 0. The molecule has 0 amide bonds. The predicted molar refractivity (Wildman–Crippen MR) is 38.5 cm³/mol. The predicted octanol–water partition coefficient (Wildman–Crippen LogP) is 1.14. The van der Waals surface area contributed by atoms with Gasteiger partial charge in [-0.25, -0.2) is 4.98 Å². The van der Waals surface area contributed by atoms with Crippen LogP contribution in [0, 0.1) is 0 Å². The Morgan fingerprint density at radius 1 is 1.56 bits per heavy atom. The quantitative estimate of drug-likeness (QED) is 0.640. The molecule has 0 bridgehead atoms. The van der Waals surface area contributed by atoms with E-state index in [0.717, 1.165) is 23.5 Å². The van der Waals surface area contributed by atoms with Crippen LogP contribution in [0.1, 0.15) is 5.69 Å². The third kappa shape index (κ3) is 0.738. The number of aromatic amines is 1. The maximum Gasteiger partial charge on any atom is 0.176 e. The van der Waals surface area contributed by atoms with Crippen molar-refractivity contribution in [3.05, 3.63) is 10.4 Å². The molecule has 3 nitrogen and oxygen atoms in total. The van der Waals surface area contributed by atoms with Gasteiger partial charge in [-0.3, -0.25) is 0 Å². The van der Waals surface area contributed by atoms with Gasteiger partial charge < -0.3 is 10.3 Å². The number of halogens is 1. The maximum atomic E-state index is 4.14. The van der Waals surface area contributed by atoms with Crippen molar-refractivity contribution in [2.75, 3.05) is 11.9 Å². The molecule has 1 aromatic rings. The van der Waals surface area contributed by atoms with Gasteiger partial charge in [0.15, 0.2) is 4.73 Å². The largest absolute Gasteiger partial charge is 0.368 e. The van der Waals surface area contributed by atoms with E-state index in [-0.39, 0.29) is 0 Å². The van der Waals surface area contributed by atoms with Crippen LogP contribution in [0.15, 0.2) is 4.73 Å². The Hall–Kier alpha value is -0.510. The Bertz CT molecular complexity index is 209. The van der Waals surface area contributed by atoms with E-state index in [1.54, 1.807) is 0 Å². The Labute approximate surface area is 61.0 Å². The highest BCUT2D eigenvalue weighted by atomic mass is 79.9. The first kappa shape index (κ1) is 5.29. The molecule has 1 aliphatic rings. The van der Waals surface area contributed by atoms with Crippen molar-refractivity contribution < 1.29 is 0 Å². The van der Waals surface area contributed by atoms with Crippen molar-refractivity contribution in [3.63, 3.8) is 0 Å². The van der Waals surface area contributed by atoms with Crippen LogP contribution in [0.4, 0.5) is 5.82 Å². The summed E-state index contributed by atoms with van der Waals surface area (Å²) < 4.78 is 0.819. The minimum Gasteiger partial charge on any atom is -0.368 e. The van der Waals surface area contributed by atoms with Gasteiger partial charge in [0, 0.05) is 13.0 Å². The molecular formula is C5H6BrN3. The number of rotatable bonds is 0. The first-order valence-electron chi connectivity index (χ1n) is 2.84. The fourth-order valence-electron chi connectivity index (χ4n) is 1.01. The standard InChI is InChI=1S/C5H6BrN3/c6-5-8-3-1-2-7-4(3)9-5/h7H,1-2H2,(H,8,9). The van der Waals surface area contributed by atoms with E-state index < -0.39 is 0 Å². The van der Waals surface area contributed by atoms with Crippen LogP contribution in [-0.4, -0.2) is 16.5 Å². The molecule has 0 aliphatic carbocycles. The Morgan fingerprint density at radius 3 is 3.22 bits per heavy atom. The van der Waals surface area contributed by atoms with E-state index in [0.29, 0.717) is 0 Å². The lowest BCUT2D eigenvalue weighted by atomic mass is 10.4.